The van der Waals surface area contributed by atoms with Gasteiger partial charge < -0.3 is 15.0 Å². The van der Waals surface area contributed by atoms with Crippen LogP contribution in [0.5, 0.6) is 0 Å². The zero-order valence-corrected chi connectivity index (χ0v) is 18.0. The smallest absolute Gasteiger partial charge is 0.328 e. The number of carbonyl (C=O) groups is 3. The first-order chi connectivity index (χ1) is 15.0. The average molecular weight is 421 g/mol. The maximum atomic E-state index is 13.6. The van der Waals surface area contributed by atoms with Crippen molar-refractivity contribution >= 4 is 17.8 Å². The summed E-state index contributed by atoms with van der Waals surface area (Å²) in [5, 5.41) is 2.84. The van der Waals surface area contributed by atoms with Gasteiger partial charge in [-0.25, -0.2) is 4.79 Å². The summed E-state index contributed by atoms with van der Waals surface area (Å²) in [7, 11) is 1.31. The number of methoxy groups -OCH3 is 1. The Morgan fingerprint density at radius 2 is 1.74 bits per heavy atom. The molecule has 2 aliphatic rings. The number of esters is 1. The van der Waals surface area contributed by atoms with Crippen LogP contribution < -0.4 is 5.32 Å². The van der Waals surface area contributed by atoms with Crippen LogP contribution >= 0.6 is 0 Å². The molecular formula is C25H28N2O4. The molecule has 1 saturated carbocycles. The molecule has 2 atom stereocenters. The van der Waals surface area contributed by atoms with Crippen LogP contribution in [0.2, 0.25) is 0 Å². The van der Waals surface area contributed by atoms with Crippen LogP contribution in [0.25, 0.3) is 0 Å². The molecule has 1 aliphatic heterocycles. The molecule has 2 amide bonds. The Morgan fingerprint density at radius 3 is 2.42 bits per heavy atom. The molecule has 0 radical (unpaired) electrons. The fourth-order valence-corrected chi connectivity index (χ4v) is 5.20. The third kappa shape index (κ3) is 3.71. The summed E-state index contributed by atoms with van der Waals surface area (Å²) in [6, 6.07) is 16.5. The molecule has 4 rings (SSSR count). The minimum atomic E-state index is -0.761. The van der Waals surface area contributed by atoms with Crippen molar-refractivity contribution in [1.29, 1.82) is 0 Å². The number of amides is 2. The second-order valence-corrected chi connectivity index (χ2v) is 8.46. The van der Waals surface area contributed by atoms with Gasteiger partial charge in [-0.3, -0.25) is 9.59 Å². The van der Waals surface area contributed by atoms with Gasteiger partial charge >= 0.3 is 5.97 Å². The number of rotatable bonds is 5. The van der Waals surface area contributed by atoms with E-state index in [-0.39, 0.29) is 11.8 Å². The molecule has 31 heavy (non-hydrogen) atoms. The lowest BCUT2D eigenvalue weighted by atomic mass is 9.70. The van der Waals surface area contributed by atoms with E-state index in [1.54, 1.807) is 13.0 Å². The molecule has 1 fully saturated rings. The Kier molecular flexibility index (Phi) is 5.81. The molecule has 6 nitrogen and oxygen atoms in total. The molecule has 2 aromatic carbocycles. The highest BCUT2D eigenvalue weighted by molar-refractivity contribution is 6.02. The fourth-order valence-electron chi connectivity index (χ4n) is 5.20. The molecule has 1 heterocycles. The van der Waals surface area contributed by atoms with E-state index in [0.29, 0.717) is 12.1 Å². The minimum Gasteiger partial charge on any atom is -0.467 e. The van der Waals surface area contributed by atoms with Gasteiger partial charge in [0.15, 0.2) is 0 Å². The zero-order chi connectivity index (χ0) is 22.0. The predicted octanol–water partition coefficient (Wildman–Crippen LogP) is 3.42. The second-order valence-electron chi connectivity index (χ2n) is 8.46. The summed E-state index contributed by atoms with van der Waals surface area (Å²) in [5.41, 5.74) is 1.72. The molecular weight excluding hydrogens is 392 g/mol. The first kappa shape index (κ1) is 21.1. The molecule has 162 valence electrons. The van der Waals surface area contributed by atoms with Gasteiger partial charge in [-0.2, -0.15) is 0 Å². The van der Waals surface area contributed by atoms with Gasteiger partial charge in [-0.05, 0) is 37.0 Å². The maximum absolute atomic E-state index is 13.6. The average Bonchev–Trinajstić information content (AvgIpc) is 3.26. The van der Waals surface area contributed by atoms with Crippen LogP contribution in [-0.2, 0) is 20.9 Å². The number of fused-ring (bicyclic) bond motifs is 1. The van der Waals surface area contributed by atoms with Crippen LogP contribution in [0, 0.1) is 0 Å². The quantitative estimate of drug-likeness (QED) is 0.752. The third-order valence-corrected chi connectivity index (χ3v) is 6.65. The summed E-state index contributed by atoms with van der Waals surface area (Å²) >= 11 is 0. The van der Waals surface area contributed by atoms with Gasteiger partial charge in [0.2, 0.25) is 5.91 Å². The molecule has 6 heteroatoms. The number of ether oxygens (including phenoxy) is 1. The van der Waals surface area contributed by atoms with Gasteiger partial charge in [-0.1, -0.05) is 61.4 Å². The van der Waals surface area contributed by atoms with Gasteiger partial charge in [-0.15, -0.1) is 0 Å². The second kappa shape index (κ2) is 8.53. The first-order valence-corrected chi connectivity index (χ1v) is 10.8. The molecule has 0 saturated heterocycles. The van der Waals surface area contributed by atoms with Crippen molar-refractivity contribution in [2.24, 2.45) is 0 Å². The highest BCUT2D eigenvalue weighted by Crippen LogP contribution is 2.50. The Labute approximate surface area is 182 Å². The molecule has 0 aromatic heterocycles. The summed E-state index contributed by atoms with van der Waals surface area (Å²) < 4.78 is 4.79. The number of hydrogen-bond acceptors (Lipinski definition) is 4. The van der Waals surface area contributed by atoms with E-state index in [4.69, 9.17) is 4.74 Å². The van der Waals surface area contributed by atoms with Crippen molar-refractivity contribution in [3.63, 3.8) is 0 Å². The van der Waals surface area contributed by atoms with Crippen molar-refractivity contribution < 1.29 is 19.1 Å². The Morgan fingerprint density at radius 1 is 1.10 bits per heavy atom. The number of carbonyl (C=O) groups excluding carboxylic acids is 3. The van der Waals surface area contributed by atoms with Gasteiger partial charge in [0, 0.05) is 12.1 Å². The van der Waals surface area contributed by atoms with E-state index >= 15 is 0 Å². The summed E-state index contributed by atoms with van der Waals surface area (Å²) in [6.45, 7) is 2.07. The fraction of sp³-hybridized carbons (Fsp3) is 0.400. The zero-order valence-electron chi connectivity index (χ0n) is 18.0. The van der Waals surface area contributed by atoms with E-state index in [9.17, 15) is 14.4 Å². The number of hydrogen-bond donors (Lipinski definition) is 1. The highest BCUT2D eigenvalue weighted by Gasteiger charge is 2.55. The minimum absolute atomic E-state index is 0.0357. The lowest BCUT2D eigenvalue weighted by molar-refractivity contribution is -0.145. The Balaban J connectivity index is 1.79. The molecule has 1 spiro atoms. The van der Waals surface area contributed by atoms with Crippen molar-refractivity contribution in [3.8, 4) is 0 Å². The summed E-state index contributed by atoms with van der Waals surface area (Å²) in [6.07, 6.45) is 3.42. The number of benzene rings is 2. The van der Waals surface area contributed by atoms with Gasteiger partial charge in [0.05, 0.1) is 18.6 Å². The van der Waals surface area contributed by atoms with E-state index in [2.05, 4.69) is 5.32 Å². The van der Waals surface area contributed by atoms with Crippen LogP contribution in [0.15, 0.2) is 54.6 Å². The Bertz CT molecular complexity index is 982. The molecule has 2 aromatic rings. The SMILES string of the molecule is COC(=O)[C@H](C)NC(=O)C1c2ccccc2C(=O)N(Cc2ccccc2)C12CCCC2. The monoisotopic (exact) mass is 420 g/mol. The van der Waals surface area contributed by atoms with Crippen molar-refractivity contribution in [3.05, 3.63) is 71.3 Å². The van der Waals surface area contributed by atoms with Crippen molar-refractivity contribution in [2.45, 2.75) is 56.7 Å². The van der Waals surface area contributed by atoms with Crippen LogP contribution in [0.4, 0.5) is 0 Å². The summed E-state index contributed by atoms with van der Waals surface area (Å²) in [5.74, 6) is -1.31. The van der Waals surface area contributed by atoms with Gasteiger partial charge in [0.25, 0.3) is 5.91 Å². The van der Waals surface area contributed by atoms with Crippen LogP contribution in [0.3, 0.4) is 0 Å². The van der Waals surface area contributed by atoms with Crippen molar-refractivity contribution in [2.75, 3.05) is 7.11 Å². The third-order valence-electron chi connectivity index (χ3n) is 6.65. The maximum Gasteiger partial charge on any atom is 0.328 e. The van der Waals surface area contributed by atoms with Gasteiger partial charge in [0.1, 0.15) is 6.04 Å². The summed E-state index contributed by atoms with van der Waals surface area (Å²) in [4.78, 5) is 41.1. The predicted molar refractivity (Wildman–Crippen MR) is 116 cm³/mol. The first-order valence-electron chi connectivity index (χ1n) is 10.8. The molecule has 0 bridgehead atoms. The lowest BCUT2D eigenvalue weighted by Gasteiger charge is -2.50. The highest BCUT2D eigenvalue weighted by atomic mass is 16.5. The normalized spacial score (nSPS) is 20.3. The topological polar surface area (TPSA) is 75.7 Å². The van der Waals surface area contributed by atoms with E-state index in [1.165, 1.54) is 7.11 Å². The van der Waals surface area contributed by atoms with Crippen LogP contribution in [0.1, 0.15) is 60.0 Å². The number of nitrogens with zero attached hydrogens (tertiary/aromatic N) is 1. The van der Waals surface area contributed by atoms with E-state index in [0.717, 1.165) is 36.8 Å². The lowest BCUT2D eigenvalue weighted by Crippen LogP contribution is -2.61. The van der Waals surface area contributed by atoms with E-state index in [1.807, 2.05) is 53.4 Å². The standard InChI is InChI=1S/C25H28N2O4/c1-17(24(30)31-2)26-22(28)21-19-12-6-7-13-20(19)23(29)27(25(21)14-8-9-15-25)16-18-10-4-3-5-11-18/h3-7,10-13,17,21H,8-9,14-16H2,1-2H3,(H,26,28)/t17-,21?/m0/s1. The Hall–Kier alpha value is -3.15. The largest absolute Gasteiger partial charge is 0.467 e. The molecule has 1 N–H and O–H groups in total. The molecule has 1 unspecified atom stereocenters. The number of nitrogens with one attached hydrogen (secondary N) is 1. The van der Waals surface area contributed by atoms with Crippen molar-refractivity contribution in [1.82, 2.24) is 10.2 Å². The molecule has 1 aliphatic carbocycles. The van der Waals surface area contributed by atoms with E-state index < -0.39 is 23.5 Å². The van der Waals surface area contributed by atoms with Crippen LogP contribution in [-0.4, -0.2) is 41.4 Å².